The molecule has 0 spiro atoms. The minimum atomic E-state index is -4.37. The maximum atomic E-state index is 14.1. The summed E-state index contributed by atoms with van der Waals surface area (Å²) in [4.78, 5) is 11.7. The first-order valence-corrected chi connectivity index (χ1v) is 15.8. The zero-order valence-corrected chi connectivity index (χ0v) is 23.1. The van der Waals surface area contributed by atoms with Gasteiger partial charge < -0.3 is 4.74 Å². The molecule has 10 heteroatoms. The number of alkyl halides is 1. The lowest BCUT2D eigenvalue weighted by molar-refractivity contribution is -0.142. The maximum absolute atomic E-state index is 14.1. The lowest BCUT2D eigenvalue weighted by atomic mass is 10.1. The molecule has 2 rings (SSSR count). The van der Waals surface area contributed by atoms with E-state index in [-0.39, 0.29) is 42.2 Å². The van der Waals surface area contributed by atoms with Crippen LogP contribution in [0.1, 0.15) is 71.1 Å². The minimum Gasteiger partial charge on any atom is -0.342 e. The number of hydrogen-bond acceptors (Lipinski definition) is 6. The molecule has 0 aliphatic rings. The summed E-state index contributed by atoms with van der Waals surface area (Å²) < 4.78 is 72.5. The number of ether oxygens (including phenoxy) is 1. The first-order valence-electron chi connectivity index (χ1n) is 12.9. The van der Waals surface area contributed by atoms with E-state index in [0.717, 1.165) is 19.3 Å². The lowest BCUT2D eigenvalue weighted by Gasteiger charge is -2.22. The summed E-state index contributed by atoms with van der Waals surface area (Å²) in [5.41, 5.74) is 0. The van der Waals surface area contributed by atoms with Crippen LogP contribution in [0.2, 0.25) is 0 Å². The van der Waals surface area contributed by atoms with Gasteiger partial charge in [-0.15, -0.1) is 0 Å². The molecule has 0 amide bonds. The van der Waals surface area contributed by atoms with Gasteiger partial charge in [-0.2, -0.15) is 0 Å². The van der Waals surface area contributed by atoms with E-state index in [4.69, 9.17) is 4.74 Å². The predicted molar refractivity (Wildman–Crippen MR) is 142 cm³/mol. The quantitative estimate of drug-likeness (QED) is 0.201. The molecule has 0 fully saturated rings. The zero-order valence-electron chi connectivity index (χ0n) is 21.4. The van der Waals surface area contributed by atoms with Gasteiger partial charge >= 0.3 is 0 Å². The van der Waals surface area contributed by atoms with Gasteiger partial charge in [0.2, 0.25) is 0 Å². The average molecular weight is 556 g/mol. The molecule has 7 nitrogen and oxygen atoms in total. The van der Waals surface area contributed by atoms with E-state index in [1.54, 1.807) is 12.1 Å². The summed E-state index contributed by atoms with van der Waals surface area (Å²) in [7, 11) is -8.74. The Hall–Kier alpha value is -2.14. The molecule has 0 N–H and O–H groups in total. The number of sulfonamides is 2. The number of rotatable bonds is 19. The van der Waals surface area contributed by atoms with E-state index in [2.05, 4.69) is 6.92 Å². The smallest absolute Gasteiger partial charge is 0.258 e. The third kappa shape index (κ3) is 9.92. The van der Waals surface area contributed by atoms with Crippen molar-refractivity contribution in [1.82, 2.24) is 3.71 Å². The van der Waals surface area contributed by atoms with Gasteiger partial charge in [-0.25, -0.2) is 21.2 Å². The number of unbranched alkanes of at least 4 members (excludes halogenated alkanes) is 7. The number of hydrogen-bond donors (Lipinski definition) is 0. The van der Waals surface area contributed by atoms with Crippen LogP contribution in [0.3, 0.4) is 0 Å². The summed E-state index contributed by atoms with van der Waals surface area (Å²) >= 11 is 0. The first-order chi connectivity index (χ1) is 17.7. The van der Waals surface area contributed by atoms with Gasteiger partial charge in [0.25, 0.3) is 26.4 Å². The molecule has 0 aromatic heterocycles. The number of halogens is 1. The Balaban J connectivity index is 1.89. The highest BCUT2D eigenvalue weighted by molar-refractivity contribution is 8.04. The van der Waals surface area contributed by atoms with Gasteiger partial charge in [-0.05, 0) is 43.5 Å². The monoisotopic (exact) mass is 555 g/mol. The second-order valence-electron chi connectivity index (χ2n) is 8.86. The van der Waals surface area contributed by atoms with E-state index in [1.807, 2.05) is 0 Å². The normalized spacial score (nSPS) is 13.1. The molecule has 37 heavy (non-hydrogen) atoms. The topological polar surface area (TPSA) is 97.8 Å². The highest BCUT2D eigenvalue weighted by atomic mass is 32.3. The molecule has 0 aliphatic carbocycles. The van der Waals surface area contributed by atoms with E-state index in [0.29, 0.717) is 10.1 Å². The largest absolute Gasteiger partial charge is 0.342 e. The SMILES string of the molecule is CCCCCCCCCC(=O)[C@H](F)OCCCCN(S(=O)(=O)c1ccccc1)S(=O)(=O)c1ccccc1. The fraction of sp³-hybridized carbons (Fsp3) is 0.519. The van der Waals surface area contributed by atoms with Crippen LogP contribution < -0.4 is 0 Å². The number of benzene rings is 2. The van der Waals surface area contributed by atoms with Crippen molar-refractivity contribution in [3.05, 3.63) is 60.7 Å². The van der Waals surface area contributed by atoms with Crippen molar-refractivity contribution in [2.45, 2.75) is 87.3 Å². The molecule has 0 saturated carbocycles. The first kappa shape index (κ1) is 31.1. The fourth-order valence-corrected chi connectivity index (χ4v) is 7.54. The van der Waals surface area contributed by atoms with Crippen LogP contribution in [-0.2, 0) is 29.6 Å². The van der Waals surface area contributed by atoms with E-state index >= 15 is 0 Å². The van der Waals surface area contributed by atoms with Gasteiger partial charge in [0, 0.05) is 13.0 Å². The summed E-state index contributed by atoms with van der Waals surface area (Å²) in [5, 5.41) is 0. The highest BCUT2D eigenvalue weighted by Crippen LogP contribution is 2.25. The molecule has 206 valence electrons. The Morgan fingerprint density at radius 2 is 1.24 bits per heavy atom. The molecule has 0 bridgehead atoms. The average Bonchev–Trinajstić information content (AvgIpc) is 2.90. The van der Waals surface area contributed by atoms with Crippen LogP contribution in [0.4, 0.5) is 4.39 Å². The lowest BCUT2D eigenvalue weighted by Crippen LogP contribution is -2.37. The number of carbonyl (C=O) groups excluding carboxylic acids is 1. The molecule has 0 saturated heterocycles. The minimum absolute atomic E-state index is 0.0940. The Morgan fingerprint density at radius 3 is 1.76 bits per heavy atom. The van der Waals surface area contributed by atoms with Crippen molar-refractivity contribution >= 4 is 25.8 Å². The van der Waals surface area contributed by atoms with E-state index in [1.165, 1.54) is 67.8 Å². The fourth-order valence-electron chi connectivity index (χ4n) is 3.78. The van der Waals surface area contributed by atoms with Crippen LogP contribution in [0.15, 0.2) is 70.5 Å². The molecular formula is C27H38FNO6S2. The Bertz CT molecular complexity index is 1070. The molecular weight excluding hydrogens is 517 g/mol. The van der Waals surface area contributed by atoms with E-state index < -0.39 is 32.2 Å². The molecule has 0 unspecified atom stereocenters. The molecule has 2 aromatic carbocycles. The van der Waals surface area contributed by atoms with Crippen molar-refractivity contribution in [2.24, 2.45) is 0 Å². The van der Waals surface area contributed by atoms with Crippen LogP contribution in [0, 0.1) is 0 Å². The van der Waals surface area contributed by atoms with Gasteiger partial charge in [0.05, 0.1) is 16.4 Å². The molecule has 0 heterocycles. The van der Waals surface area contributed by atoms with Gasteiger partial charge in [-0.3, -0.25) is 4.79 Å². The molecule has 2 aromatic rings. The maximum Gasteiger partial charge on any atom is 0.258 e. The zero-order chi connectivity index (χ0) is 27.2. The third-order valence-electron chi connectivity index (χ3n) is 5.90. The molecule has 0 radical (unpaired) electrons. The molecule has 0 aliphatic heterocycles. The Labute approximate surface area is 221 Å². The number of Topliss-reactive ketones (excluding diaryl/α,β-unsaturated/α-hetero) is 1. The second kappa shape index (κ2) is 16.0. The number of nitrogens with zero attached hydrogens (tertiary/aromatic N) is 1. The van der Waals surface area contributed by atoms with Crippen molar-refractivity contribution < 1.29 is 30.8 Å². The van der Waals surface area contributed by atoms with Crippen LogP contribution in [0.25, 0.3) is 0 Å². The summed E-state index contributed by atoms with van der Waals surface area (Å²) in [6, 6.07) is 14.6. The third-order valence-corrected chi connectivity index (χ3v) is 10.2. The second-order valence-corrected chi connectivity index (χ2v) is 12.8. The Morgan fingerprint density at radius 1 is 0.757 bits per heavy atom. The van der Waals surface area contributed by atoms with Gasteiger partial charge in [0.15, 0.2) is 5.78 Å². The standard InChI is InChI=1S/C27H38FNO6S2/c1-2-3-4-5-6-7-14-21-26(30)27(28)35-23-16-15-22-29(36(31,32)24-17-10-8-11-18-24)37(33,34)25-19-12-9-13-20-25/h8-13,17-20,27H,2-7,14-16,21-23H2,1H3/t27-/m1/s1. The van der Waals surface area contributed by atoms with Crippen molar-refractivity contribution in [3.63, 3.8) is 0 Å². The number of ketones is 1. The summed E-state index contributed by atoms with van der Waals surface area (Å²) in [6.45, 7) is 1.67. The van der Waals surface area contributed by atoms with Crippen LogP contribution in [0.5, 0.6) is 0 Å². The van der Waals surface area contributed by atoms with Crippen LogP contribution in [-0.4, -0.2) is 45.8 Å². The summed E-state index contributed by atoms with van der Waals surface area (Å²) in [6.07, 6.45) is 5.56. The molecule has 1 atom stereocenters. The van der Waals surface area contributed by atoms with Crippen molar-refractivity contribution in [2.75, 3.05) is 13.2 Å². The van der Waals surface area contributed by atoms with Crippen LogP contribution >= 0.6 is 0 Å². The number of carbonyl (C=O) groups is 1. The Kier molecular flexibility index (Phi) is 13.4. The van der Waals surface area contributed by atoms with Crippen molar-refractivity contribution in [1.29, 1.82) is 0 Å². The van der Waals surface area contributed by atoms with Gasteiger partial charge in [0.1, 0.15) is 0 Å². The van der Waals surface area contributed by atoms with Crippen molar-refractivity contribution in [3.8, 4) is 0 Å². The van der Waals surface area contributed by atoms with E-state index in [9.17, 15) is 26.0 Å². The highest BCUT2D eigenvalue weighted by Gasteiger charge is 2.36. The van der Waals surface area contributed by atoms with Gasteiger partial charge in [-0.1, -0.05) is 85.6 Å². The predicted octanol–water partition coefficient (Wildman–Crippen LogP) is 5.87. The summed E-state index contributed by atoms with van der Waals surface area (Å²) in [5.74, 6) is -0.603.